The van der Waals surface area contributed by atoms with Gasteiger partial charge in [-0.15, -0.1) is 0 Å². The lowest BCUT2D eigenvalue weighted by Crippen LogP contribution is -2.33. The van der Waals surface area contributed by atoms with Crippen molar-refractivity contribution < 1.29 is 9.53 Å². The smallest absolute Gasteiger partial charge is 0.259 e. The standard InChI is InChI=1S/C11H24N2O2/c1-2-3-4-5-6-7-8-9-15-10-11(14)13-12/h2-10,12H2,1H3,(H,13,14). The average Bonchev–Trinajstić information content (AvgIpc) is 2.26. The van der Waals surface area contributed by atoms with Crippen molar-refractivity contribution in [3.8, 4) is 0 Å². The van der Waals surface area contributed by atoms with Crippen LogP contribution in [0.15, 0.2) is 0 Å². The van der Waals surface area contributed by atoms with Crippen LogP contribution in [0.25, 0.3) is 0 Å². The zero-order chi connectivity index (χ0) is 11.4. The number of unbranched alkanes of at least 4 members (excludes halogenated alkanes) is 6. The molecule has 0 radical (unpaired) electrons. The van der Waals surface area contributed by atoms with Crippen molar-refractivity contribution in [1.82, 2.24) is 5.43 Å². The number of amides is 1. The van der Waals surface area contributed by atoms with Gasteiger partial charge in [-0.05, 0) is 6.42 Å². The van der Waals surface area contributed by atoms with Crippen molar-refractivity contribution in [3.63, 3.8) is 0 Å². The fourth-order valence-corrected chi connectivity index (χ4v) is 1.37. The van der Waals surface area contributed by atoms with E-state index in [9.17, 15) is 4.79 Å². The summed E-state index contributed by atoms with van der Waals surface area (Å²) >= 11 is 0. The van der Waals surface area contributed by atoms with Crippen LogP contribution in [0, 0.1) is 0 Å². The van der Waals surface area contributed by atoms with E-state index in [0.29, 0.717) is 6.61 Å². The Kier molecular flexibility index (Phi) is 11.0. The second-order valence-electron chi connectivity index (χ2n) is 3.74. The van der Waals surface area contributed by atoms with E-state index in [0.717, 1.165) is 6.42 Å². The number of nitrogens with two attached hydrogens (primary N) is 1. The zero-order valence-corrected chi connectivity index (χ0v) is 9.76. The Morgan fingerprint density at radius 1 is 1.13 bits per heavy atom. The predicted octanol–water partition coefficient (Wildman–Crippen LogP) is 1.74. The summed E-state index contributed by atoms with van der Waals surface area (Å²) in [4.78, 5) is 10.7. The Bertz CT molecular complexity index is 152. The number of rotatable bonds is 10. The molecule has 0 aromatic rings. The normalized spacial score (nSPS) is 10.3. The van der Waals surface area contributed by atoms with Gasteiger partial charge < -0.3 is 4.74 Å². The Morgan fingerprint density at radius 3 is 2.33 bits per heavy atom. The molecule has 0 saturated heterocycles. The van der Waals surface area contributed by atoms with Crippen LogP contribution in [0.4, 0.5) is 0 Å². The summed E-state index contributed by atoms with van der Waals surface area (Å²) in [6.07, 6.45) is 8.78. The number of hydrazine groups is 1. The molecular formula is C11H24N2O2. The SMILES string of the molecule is CCCCCCCCCOCC(=O)NN. The summed E-state index contributed by atoms with van der Waals surface area (Å²) in [6.45, 7) is 2.95. The lowest BCUT2D eigenvalue weighted by atomic mass is 10.1. The number of carbonyl (C=O) groups excluding carboxylic acids is 1. The molecular weight excluding hydrogens is 192 g/mol. The molecule has 15 heavy (non-hydrogen) atoms. The van der Waals surface area contributed by atoms with Gasteiger partial charge in [-0.3, -0.25) is 10.2 Å². The maximum atomic E-state index is 10.7. The topological polar surface area (TPSA) is 64.3 Å². The maximum absolute atomic E-state index is 10.7. The predicted molar refractivity (Wildman–Crippen MR) is 61.1 cm³/mol. The van der Waals surface area contributed by atoms with Crippen molar-refractivity contribution in [2.45, 2.75) is 51.9 Å². The first kappa shape index (κ1) is 14.4. The molecule has 0 aliphatic rings. The molecule has 0 rings (SSSR count). The quantitative estimate of drug-likeness (QED) is 0.253. The monoisotopic (exact) mass is 216 g/mol. The van der Waals surface area contributed by atoms with Gasteiger partial charge in [0.2, 0.25) is 0 Å². The van der Waals surface area contributed by atoms with Gasteiger partial charge in [-0.25, -0.2) is 5.84 Å². The molecule has 0 fully saturated rings. The van der Waals surface area contributed by atoms with E-state index >= 15 is 0 Å². The van der Waals surface area contributed by atoms with E-state index in [1.165, 1.54) is 38.5 Å². The van der Waals surface area contributed by atoms with E-state index in [-0.39, 0.29) is 12.5 Å². The van der Waals surface area contributed by atoms with E-state index in [4.69, 9.17) is 10.6 Å². The second-order valence-corrected chi connectivity index (χ2v) is 3.74. The van der Waals surface area contributed by atoms with Crippen LogP contribution in [-0.2, 0) is 9.53 Å². The number of carbonyl (C=O) groups is 1. The Morgan fingerprint density at radius 2 is 1.73 bits per heavy atom. The number of hydrogen-bond donors (Lipinski definition) is 2. The van der Waals surface area contributed by atoms with Gasteiger partial charge in [0.15, 0.2) is 0 Å². The molecule has 4 nitrogen and oxygen atoms in total. The van der Waals surface area contributed by atoms with Crippen molar-refractivity contribution in [3.05, 3.63) is 0 Å². The number of nitrogens with one attached hydrogen (secondary N) is 1. The van der Waals surface area contributed by atoms with Crippen molar-refractivity contribution in [1.29, 1.82) is 0 Å². The van der Waals surface area contributed by atoms with Gasteiger partial charge in [-0.2, -0.15) is 0 Å². The minimum atomic E-state index is -0.266. The summed E-state index contributed by atoms with van der Waals surface area (Å²) in [6, 6.07) is 0. The van der Waals surface area contributed by atoms with E-state index in [1.807, 2.05) is 5.43 Å². The molecule has 0 aliphatic carbocycles. The highest BCUT2D eigenvalue weighted by Gasteiger charge is 1.97. The minimum Gasteiger partial charge on any atom is -0.372 e. The van der Waals surface area contributed by atoms with E-state index in [2.05, 4.69) is 6.92 Å². The molecule has 0 aliphatic heterocycles. The van der Waals surface area contributed by atoms with Crippen molar-refractivity contribution >= 4 is 5.91 Å². The van der Waals surface area contributed by atoms with Gasteiger partial charge in [-0.1, -0.05) is 45.4 Å². The molecule has 0 heterocycles. The maximum Gasteiger partial charge on any atom is 0.259 e. The number of hydrogen-bond acceptors (Lipinski definition) is 3. The minimum absolute atomic E-state index is 0.0757. The van der Waals surface area contributed by atoms with Crippen LogP contribution in [-0.4, -0.2) is 19.1 Å². The lowest BCUT2D eigenvalue weighted by Gasteiger charge is -2.03. The third-order valence-electron chi connectivity index (χ3n) is 2.29. The first-order valence-corrected chi connectivity index (χ1v) is 5.88. The number of ether oxygens (including phenoxy) is 1. The first-order valence-electron chi connectivity index (χ1n) is 5.88. The average molecular weight is 216 g/mol. The highest BCUT2D eigenvalue weighted by atomic mass is 16.5. The second kappa shape index (κ2) is 11.5. The molecule has 90 valence electrons. The van der Waals surface area contributed by atoms with Crippen LogP contribution in [0.5, 0.6) is 0 Å². The molecule has 0 aromatic heterocycles. The summed E-state index contributed by atoms with van der Waals surface area (Å²) in [7, 11) is 0. The van der Waals surface area contributed by atoms with Crippen LogP contribution in [0.2, 0.25) is 0 Å². The molecule has 1 amide bonds. The summed E-state index contributed by atoms with van der Waals surface area (Å²) in [5.41, 5.74) is 2.03. The highest BCUT2D eigenvalue weighted by molar-refractivity contribution is 5.76. The summed E-state index contributed by atoms with van der Waals surface area (Å²) < 4.78 is 5.12. The Hall–Kier alpha value is -0.610. The Balaban J connectivity index is 2.95. The van der Waals surface area contributed by atoms with Crippen molar-refractivity contribution in [2.75, 3.05) is 13.2 Å². The summed E-state index contributed by atoms with van der Waals surface area (Å²) in [5.74, 6) is 4.64. The third-order valence-corrected chi connectivity index (χ3v) is 2.29. The van der Waals surface area contributed by atoms with Gasteiger partial charge >= 0.3 is 0 Å². The Labute approximate surface area is 92.5 Å². The largest absolute Gasteiger partial charge is 0.372 e. The van der Waals surface area contributed by atoms with Crippen LogP contribution in [0.3, 0.4) is 0 Å². The fraction of sp³-hybridized carbons (Fsp3) is 0.909. The molecule has 0 aromatic carbocycles. The molecule has 0 atom stereocenters. The van der Waals surface area contributed by atoms with E-state index < -0.39 is 0 Å². The van der Waals surface area contributed by atoms with Gasteiger partial charge in [0.05, 0.1) is 0 Å². The van der Waals surface area contributed by atoms with Crippen LogP contribution >= 0.6 is 0 Å². The molecule has 0 spiro atoms. The summed E-state index contributed by atoms with van der Waals surface area (Å²) in [5, 5.41) is 0. The van der Waals surface area contributed by atoms with Crippen molar-refractivity contribution in [2.24, 2.45) is 5.84 Å². The van der Waals surface area contributed by atoms with Gasteiger partial charge in [0, 0.05) is 6.61 Å². The zero-order valence-electron chi connectivity index (χ0n) is 9.76. The van der Waals surface area contributed by atoms with Crippen LogP contribution < -0.4 is 11.3 Å². The highest BCUT2D eigenvalue weighted by Crippen LogP contribution is 2.06. The lowest BCUT2D eigenvalue weighted by molar-refractivity contribution is -0.125. The van der Waals surface area contributed by atoms with Gasteiger partial charge in [0.1, 0.15) is 6.61 Å². The van der Waals surface area contributed by atoms with Crippen LogP contribution in [0.1, 0.15) is 51.9 Å². The fourth-order valence-electron chi connectivity index (χ4n) is 1.37. The molecule has 0 unspecified atom stereocenters. The van der Waals surface area contributed by atoms with E-state index in [1.54, 1.807) is 0 Å². The molecule has 4 heteroatoms. The molecule has 3 N–H and O–H groups in total. The molecule has 0 bridgehead atoms. The van der Waals surface area contributed by atoms with Gasteiger partial charge in [0.25, 0.3) is 5.91 Å². The first-order chi connectivity index (χ1) is 7.31. The third kappa shape index (κ3) is 11.3. The molecule has 0 saturated carbocycles.